The second kappa shape index (κ2) is 3.44. The largest absolute Gasteiger partial charge is 0.483 e. The van der Waals surface area contributed by atoms with Gasteiger partial charge in [0, 0.05) is 5.56 Å². The number of aromatic nitrogens is 4. The normalized spacial score (nSPS) is 12.5. The van der Waals surface area contributed by atoms with Gasteiger partial charge in [-0.2, -0.15) is 4.68 Å². The Morgan fingerprint density at radius 2 is 2.44 bits per heavy atom. The summed E-state index contributed by atoms with van der Waals surface area (Å²) >= 11 is 0. The van der Waals surface area contributed by atoms with Gasteiger partial charge in [-0.25, -0.2) is 0 Å². The fraction of sp³-hybridized carbons (Fsp3) is 0.182. The molecule has 1 aliphatic rings. The molecule has 16 heavy (non-hydrogen) atoms. The van der Waals surface area contributed by atoms with Gasteiger partial charge in [0.2, 0.25) is 0 Å². The Balaban J connectivity index is 2.19. The van der Waals surface area contributed by atoms with Crippen LogP contribution in [0.15, 0.2) is 30.9 Å². The minimum atomic E-state index is 0.411. The van der Waals surface area contributed by atoms with E-state index >= 15 is 0 Å². The summed E-state index contributed by atoms with van der Waals surface area (Å²) in [4.78, 5) is 0. The Labute approximate surface area is 92.3 Å². The first-order valence-electron chi connectivity index (χ1n) is 5.03. The van der Waals surface area contributed by atoms with Crippen LogP contribution in [0.5, 0.6) is 5.75 Å². The first-order chi connectivity index (χ1) is 7.90. The van der Waals surface area contributed by atoms with E-state index in [0.717, 1.165) is 29.2 Å². The Morgan fingerprint density at radius 3 is 3.31 bits per heavy atom. The highest BCUT2D eigenvalue weighted by molar-refractivity contribution is 5.53. The van der Waals surface area contributed by atoms with Crippen LogP contribution < -0.4 is 4.74 Å². The van der Waals surface area contributed by atoms with Gasteiger partial charge >= 0.3 is 0 Å². The standard InChI is InChI=1S/C11H10N4O/c1-2-4-8-5-3-6-9-11(8)16-7-10-12-13-14-15(9)10/h2-3,5-6H,1,4,7H2. The van der Waals surface area contributed by atoms with Crippen molar-refractivity contribution in [1.82, 2.24) is 20.2 Å². The molecule has 1 aromatic heterocycles. The van der Waals surface area contributed by atoms with E-state index < -0.39 is 0 Å². The molecule has 3 rings (SSSR count). The molecule has 0 N–H and O–H groups in total. The predicted molar refractivity (Wildman–Crippen MR) is 57.4 cm³/mol. The molecule has 80 valence electrons. The van der Waals surface area contributed by atoms with Crippen molar-refractivity contribution < 1.29 is 4.74 Å². The maximum atomic E-state index is 5.68. The van der Waals surface area contributed by atoms with Gasteiger partial charge in [0.05, 0.1) is 0 Å². The zero-order valence-electron chi connectivity index (χ0n) is 8.63. The van der Waals surface area contributed by atoms with Crippen molar-refractivity contribution in [3.8, 4) is 11.4 Å². The molecule has 0 bridgehead atoms. The molecule has 0 spiro atoms. The summed E-state index contributed by atoms with van der Waals surface area (Å²) in [5.41, 5.74) is 2.00. The zero-order chi connectivity index (χ0) is 11.0. The Kier molecular flexibility index (Phi) is 1.96. The Bertz CT molecular complexity index is 547. The van der Waals surface area contributed by atoms with E-state index in [0.29, 0.717) is 6.61 Å². The van der Waals surface area contributed by atoms with Gasteiger partial charge in [-0.1, -0.05) is 18.2 Å². The molecule has 0 fully saturated rings. The smallest absolute Gasteiger partial charge is 0.194 e. The zero-order valence-corrected chi connectivity index (χ0v) is 8.63. The number of nitrogens with zero attached hydrogens (tertiary/aromatic N) is 4. The van der Waals surface area contributed by atoms with Crippen LogP contribution in [0.4, 0.5) is 0 Å². The minimum absolute atomic E-state index is 0.411. The number of para-hydroxylation sites is 1. The molecule has 5 nitrogen and oxygen atoms in total. The summed E-state index contributed by atoms with van der Waals surface area (Å²) in [5.74, 6) is 1.57. The van der Waals surface area contributed by atoms with Crippen molar-refractivity contribution in [2.24, 2.45) is 0 Å². The van der Waals surface area contributed by atoms with Crippen LogP contribution in [0.2, 0.25) is 0 Å². The molecule has 2 heterocycles. The number of tetrazole rings is 1. The molecule has 2 aromatic rings. The second-order valence-electron chi connectivity index (χ2n) is 3.55. The Morgan fingerprint density at radius 1 is 1.50 bits per heavy atom. The SMILES string of the molecule is C=CCc1cccc2c1OCc1nnnn1-2. The average molecular weight is 214 g/mol. The molecular weight excluding hydrogens is 204 g/mol. The summed E-state index contributed by atoms with van der Waals surface area (Å²) in [6.45, 7) is 4.15. The number of hydrogen-bond donors (Lipinski definition) is 0. The molecule has 5 heteroatoms. The summed E-state index contributed by atoms with van der Waals surface area (Å²) in [6.07, 6.45) is 2.63. The van der Waals surface area contributed by atoms with E-state index in [1.54, 1.807) is 4.68 Å². The van der Waals surface area contributed by atoms with Crippen LogP contribution in [-0.4, -0.2) is 20.2 Å². The number of benzene rings is 1. The molecule has 0 radical (unpaired) electrons. The number of hydrogen-bond acceptors (Lipinski definition) is 4. The molecule has 0 saturated carbocycles. The van der Waals surface area contributed by atoms with Crippen LogP contribution >= 0.6 is 0 Å². The first kappa shape index (κ1) is 9.08. The summed E-state index contributed by atoms with van der Waals surface area (Å²) in [5, 5.41) is 11.5. The lowest BCUT2D eigenvalue weighted by Crippen LogP contribution is -2.15. The lowest BCUT2D eigenvalue weighted by Gasteiger charge is -2.19. The van der Waals surface area contributed by atoms with E-state index in [1.807, 2.05) is 24.3 Å². The van der Waals surface area contributed by atoms with Crippen LogP contribution in [-0.2, 0) is 13.0 Å². The van der Waals surface area contributed by atoms with E-state index in [-0.39, 0.29) is 0 Å². The van der Waals surface area contributed by atoms with E-state index in [1.165, 1.54) is 0 Å². The Hall–Kier alpha value is -2.17. The topological polar surface area (TPSA) is 52.8 Å². The lowest BCUT2D eigenvalue weighted by molar-refractivity contribution is 0.274. The van der Waals surface area contributed by atoms with Crippen molar-refractivity contribution in [1.29, 1.82) is 0 Å². The molecule has 0 saturated heterocycles. The highest BCUT2D eigenvalue weighted by atomic mass is 16.5. The highest BCUT2D eigenvalue weighted by Crippen LogP contribution is 2.31. The van der Waals surface area contributed by atoms with Crippen LogP contribution in [0.3, 0.4) is 0 Å². The third-order valence-corrected chi connectivity index (χ3v) is 2.55. The summed E-state index contributed by atoms with van der Waals surface area (Å²) < 4.78 is 7.39. The van der Waals surface area contributed by atoms with Crippen LogP contribution in [0, 0.1) is 0 Å². The van der Waals surface area contributed by atoms with Gasteiger partial charge in [0.1, 0.15) is 18.0 Å². The molecule has 1 aliphatic heterocycles. The van der Waals surface area contributed by atoms with E-state index in [4.69, 9.17) is 4.74 Å². The second-order valence-corrected chi connectivity index (χ2v) is 3.55. The molecule has 0 atom stereocenters. The summed E-state index contributed by atoms with van der Waals surface area (Å²) in [7, 11) is 0. The van der Waals surface area contributed by atoms with Gasteiger partial charge in [-0.3, -0.25) is 0 Å². The molecule has 0 unspecified atom stereocenters. The van der Waals surface area contributed by atoms with Crippen LogP contribution in [0.1, 0.15) is 11.4 Å². The maximum Gasteiger partial charge on any atom is 0.194 e. The van der Waals surface area contributed by atoms with E-state index in [2.05, 4.69) is 22.1 Å². The van der Waals surface area contributed by atoms with Gasteiger partial charge in [0.15, 0.2) is 5.82 Å². The minimum Gasteiger partial charge on any atom is -0.483 e. The van der Waals surface area contributed by atoms with Crippen molar-refractivity contribution >= 4 is 0 Å². The van der Waals surface area contributed by atoms with Gasteiger partial charge in [0.25, 0.3) is 0 Å². The van der Waals surface area contributed by atoms with Crippen molar-refractivity contribution in [2.45, 2.75) is 13.0 Å². The highest BCUT2D eigenvalue weighted by Gasteiger charge is 2.21. The van der Waals surface area contributed by atoms with E-state index in [9.17, 15) is 0 Å². The monoisotopic (exact) mass is 214 g/mol. The van der Waals surface area contributed by atoms with Gasteiger partial charge < -0.3 is 4.74 Å². The molecule has 1 aromatic carbocycles. The van der Waals surface area contributed by atoms with Gasteiger partial charge in [-0.15, -0.1) is 11.7 Å². The number of ether oxygens (including phenoxy) is 1. The molecule has 0 aliphatic carbocycles. The number of allylic oxidation sites excluding steroid dienone is 1. The lowest BCUT2D eigenvalue weighted by atomic mass is 10.1. The van der Waals surface area contributed by atoms with Gasteiger partial charge in [-0.05, 0) is 22.9 Å². The van der Waals surface area contributed by atoms with Crippen molar-refractivity contribution in [2.75, 3.05) is 0 Å². The molecular formula is C11H10N4O. The first-order valence-corrected chi connectivity index (χ1v) is 5.03. The average Bonchev–Trinajstić information content (AvgIpc) is 2.78. The quantitative estimate of drug-likeness (QED) is 0.707. The molecule has 0 amide bonds. The maximum absolute atomic E-state index is 5.68. The number of rotatable bonds is 2. The fourth-order valence-electron chi connectivity index (χ4n) is 1.84. The third kappa shape index (κ3) is 1.21. The van der Waals surface area contributed by atoms with Crippen LogP contribution in [0.25, 0.3) is 5.69 Å². The fourth-order valence-corrected chi connectivity index (χ4v) is 1.84. The number of fused-ring (bicyclic) bond motifs is 3. The third-order valence-electron chi connectivity index (χ3n) is 2.55. The van der Waals surface area contributed by atoms with Crippen molar-refractivity contribution in [3.05, 3.63) is 42.2 Å². The predicted octanol–water partition coefficient (Wildman–Crippen LogP) is 1.28. The summed E-state index contributed by atoms with van der Waals surface area (Å²) in [6, 6.07) is 5.94. The van der Waals surface area contributed by atoms with Crippen molar-refractivity contribution in [3.63, 3.8) is 0 Å².